The molecule has 3 nitrogen and oxygen atoms in total. The van der Waals surface area contributed by atoms with Gasteiger partial charge in [0.15, 0.2) is 0 Å². The lowest BCUT2D eigenvalue weighted by molar-refractivity contribution is -0.108. The Kier molecular flexibility index (Phi) is 4.58. The molecule has 1 saturated heterocycles. The second kappa shape index (κ2) is 5.51. The molecule has 1 atom stereocenters. The summed E-state index contributed by atoms with van der Waals surface area (Å²) < 4.78 is 5.17. The van der Waals surface area contributed by atoms with E-state index in [1.54, 1.807) is 0 Å². The van der Waals surface area contributed by atoms with Crippen molar-refractivity contribution in [3.63, 3.8) is 0 Å². The summed E-state index contributed by atoms with van der Waals surface area (Å²) in [6.45, 7) is 3.36. The van der Waals surface area contributed by atoms with Crippen LogP contribution in [0.1, 0.15) is 12.8 Å². The van der Waals surface area contributed by atoms with E-state index in [1.807, 2.05) is 0 Å². The number of hydrogen-bond acceptors (Lipinski definition) is 3. The zero-order valence-electron chi connectivity index (χ0n) is 7.04. The van der Waals surface area contributed by atoms with E-state index in [1.165, 1.54) is 0 Å². The van der Waals surface area contributed by atoms with Crippen molar-refractivity contribution in [2.45, 2.75) is 18.4 Å². The first-order valence-corrected chi connectivity index (χ1v) is 4.68. The Bertz CT molecular complexity index is 143. The highest BCUT2D eigenvalue weighted by molar-refractivity contribution is 6.19. The lowest BCUT2D eigenvalue weighted by atomic mass is 10.3. The molecule has 1 rings (SSSR count). The number of rotatable bonds is 4. The average Bonchev–Trinajstić information content (AvgIpc) is 2.05. The molecule has 0 N–H and O–H groups in total. The van der Waals surface area contributed by atoms with Crippen LogP contribution in [-0.4, -0.2) is 43.0 Å². The van der Waals surface area contributed by atoms with Crippen LogP contribution < -0.4 is 0 Å². The molecule has 0 saturated carbocycles. The van der Waals surface area contributed by atoms with E-state index in [9.17, 15) is 4.79 Å². The van der Waals surface area contributed by atoms with Crippen LogP contribution in [0.2, 0.25) is 0 Å². The van der Waals surface area contributed by atoms with Gasteiger partial charge in [-0.1, -0.05) is 11.6 Å². The van der Waals surface area contributed by atoms with Crippen molar-refractivity contribution in [3.8, 4) is 0 Å². The van der Waals surface area contributed by atoms with Gasteiger partial charge in [-0.15, -0.1) is 0 Å². The summed E-state index contributed by atoms with van der Waals surface area (Å²) in [6.07, 6.45) is 2.52. The first-order valence-electron chi connectivity index (χ1n) is 4.24. The maximum atomic E-state index is 10.0. The molecule has 1 heterocycles. The Balaban J connectivity index is 2.09. The molecule has 1 aliphatic heterocycles. The summed E-state index contributed by atoms with van der Waals surface area (Å²) in [5.41, 5.74) is -0.171. The lowest BCUT2D eigenvalue weighted by Gasteiger charge is -2.29. The normalized spacial score (nSPS) is 25.6. The van der Waals surface area contributed by atoms with Gasteiger partial charge in [0.1, 0.15) is 11.8 Å². The number of nitrogens with zero attached hydrogens (tertiary/aromatic N) is 1. The average molecular weight is 192 g/mol. The number of carbonyl (C=O) groups is 1. The van der Waals surface area contributed by atoms with Gasteiger partial charge in [0, 0.05) is 19.5 Å². The predicted molar refractivity (Wildman–Crippen MR) is 47.3 cm³/mol. The van der Waals surface area contributed by atoms with E-state index in [0.29, 0.717) is 13.0 Å². The van der Waals surface area contributed by atoms with Crippen molar-refractivity contribution in [3.05, 3.63) is 0 Å². The monoisotopic (exact) mass is 191 g/mol. The topological polar surface area (TPSA) is 29.5 Å². The molecular weight excluding hydrogens is 178 g/mol. The molecule has 1 aliphatic rings. The number of alkyl halides is 1. The molecule has 0 aromatic rings. The summed E-state index contributed by atoms with van der Waals surface area (Å²) in [7, 11) is 0. The Morgan fingerprint density at radius 3 is 3.17 bits per heavy atom. The largest absolute Gasteiger partial charge is 0.360 e. The van der Waals surface area contributed by atoms with E-state index in [-0.39, 0.29) is 5.56 Å². The quantitative estimate of drug-likeness (QED) is 0.375. The van der Waals surface area contributed by atoms with Gasteiger partial charge in [0.05, 0.1) is 6.61 Å². The van der Waals surface area contributed by atoms with Gasteiger partial charge in [0.25, 0.3) is 0 Å². The molecular formula is C8H14ClNO2. The number of carbonyl (C=O) groups excluding carboxylic acids is 1. The molecule has 0 radical (unpaired) electrons. The van der Waals surface area contributed by atoms with Crippen LogP contribution in [0.3, 0.4) is 0 Å². The number of halogens is 1. The molecule has 12 heavy (non-hydrogen) atoms. The third-order valence-electron chi connectivity index (χ3n) is 1.90. The van der Waals surface area contributed by atoms with Crippen LogP contribution >= 0.6 is 11.6 Å². The van der Waals surface area contributed by atoms with Gasteiger partial charge in [-0.25, -0.2) is 0 Å². The fourth-order valence-electron chi connectivity index (χ4n) is 1.26. The molecule has 0 bridgehead atoms. The molecule has 0 aromatic heterocycles. The summed E-state index contributed by atoms with van der Waals surface area (Å²) in [4.78, 5) is 12.3. The third-order valence-corrected chi connectivity index (χ3v) is 2.17. The van der Waals surface area contributed by atoms with Crippen molar-refractivity contribution in [2.75, 3.05) is 26.2 Å². The Labute approximate surface area is 77.6 Å². The molecule has 0 amide bonds. The number of unbranched alkanes of at least 4 members (excludes halogenated alkanes) is 1. The van der Waals surface area contributed by atoms with Gasteiger partial charge in [-0.05, 0) is 13.0 Å². The fourth-order valence-corrected chi connectivity index (χ4v) is 1.54. The molecule has 4 heteroatoms. The van der Waals surface area contributed by atoms with Crippen LogP contribution in [0, 0.1) is 0 Å². The van der Waals surface area contributed by atoms with Crippen molar-refractivity contribution in [2.24, 2.45) is 0 Å². The standard InChI is InChI=1S/C8H14ClNO2/c9-8-7-10(4-6-12-8)3-1-2-5-11/h5,8H,1-4,6-7H2. The van der Waals surface area contributed by atoms with Crippen molar-refractivity contribution < 1.29 is 9.53 Å². The highest BCUT2D eigenvalue weighted by Gasteiger charge is 2.16. The SMILES string of the molecule is O=CCCCN1CCOC(Cl)C1. The van der Waals surface area contributed by atoms with E-state index in [0.717, 1.165) is 32.3 Å². The Morgan fingerprint density at radius 2 is 2.50 bits per heavy atom. The van der Waals surface area contributed by atoms with Crippen LogP contribution in [0.15, 0.2) is 0 Å². The minimum atomic E-state index is -0.171. The Hall–Kier alpha value is -0.120. The Morgan fingerprint density at radius 1 is 1.67 bits per heavy atom. The second-order valence-corrected chi connectivity index (χ2v) is 3.38. The smallest absolute Gasteiger partial charge is 0.143 e. The van der Waals surface area contributed by atoms with E-state index in [2.05, 4.69) is 4.90 Å². The first-order chi connectivity index (χ1) is 5.83. The van der Waals surface area contributed by atoms with Crippen molar-refractivity contribution >= 4 is 17.9 Å². The van der Waals surface area contributed by atoms with Crippen molar-refractivity contribution in [1.82, 2.24) is 4.90 Å². The van der Waals surface area contributed by atoms with Gasteiger partial charge < -0.3 is 9.53 Å². The highest BCUT2D eigenvalue weighted by atomic mass is 35.5. The van der Waals surface area contributed by atoms with Crippen LogP contribution in [0.25, 0.3) is 0 Å². The first kappa shape index (κ1) is 9.96. The minimum Gasteiger partial charge on any atom is -0.360 e. The number of aldehydes is 1. The highest BCUT2D eigenvalue weighted by Crippen LogP contribution is 2.08. The van der Waals surface area contributed by atoms with Gasteiger partial charge in [-0.3, -0.25) is 4.90 Å². The predicted octanol–water partition coefficient (Wildman–Crippen LogP) is 0.863. The van der Waals surface area contributed by atoms with Gasteiger partial charge in [0.2, 0.25) is 0 Å². The number of ether oxygens (including phenoxy) is 1. The molecule has 70 valence electrons. The summed E-state index contributed by atoms with van der Waals surface area (Å²) in [5.74, 6) is 0. The number of hydrogen-bond donors (Lipinski definition) is 0. The van der Waals surface area contributed by atoms with E-state index < -0.39 is 0 Å². The van der Waals surface area contributed by atoms with E-state index >= 15 is 0 Å². The minimum absolute atomic E-state index is 0.171. The molecule has 0 spiro atoms. The molecule has 1 unspecified atom stereocenters. The number of morpholine rings is 1. The lowest BCUT2D eigenvalue weighted by Crippen LogP contribution is -2.40. The molecule has 0 aromatic carbocycles. The maximum Gasteiger partial charge on any atom is 0.143 e. The van der Waals surface area contributed by atoms with Gasteiger partial charge >= 0.3 is 0 Å². The zero-order chi connectivity index (χ0) is 8.81. The summed E-state index contributed by atoms with van der Waals surface area (Å²) in [5, 5.41) is 0. The van der Waals surface area contributed by atoms with Gasteiger partial charge in [-0.2, -0.15) is 0 Å². The summed E-state index contributed by atoms with van der Waals surface area (Å²) >= 11 is 5.79. The van der Waals surface area contributed by atoms with Crippen LogP contribution in [0.5, 0.6) is 0 Å². The fraction of sp³-hybridized carbons (Fsp3) is 0.875. The molecule has 0 aliphatic carbocycles. The van der Waals surface area contributed by atoms with E-state index in [4.69, 9.17) is 16.3 Å². The second-order valence-electron chi connectivity index (χ2n) is 2.89. The van der Waals surface area contributed by atoms with Crippen LogP contribution in [-0.2, 0) is 9.53 Å². The zero-order valence-corrected chi connectivity index (χ0v) is 7.79. The maximum absolute atomic E-state index is 10.0. The van der Waals surface area contributed by atoms with Crippen LogP contribution in [0.4, 0.5) is 0 Å². The summed E-state index contributed by atoms with van der Waals surface area (Å²) in [6, 6.07) is 0. The van der Waals surface area contributed by atoms with Crippen molar-refractivity contribution in [1.29, 1.82) is 0 Å². The molecule has 1 fully saturated rings. The third kappa shape index (κ3) is 3.52.